The molecule has 0 bridgehead atoms. The van der Waals surface area contributed by atoms with Crippen molar-refractivity contribution < 1.29 is 4.79 Å². The van der Waals surface area contributed by atoms with Crippen LogP contribution in [-0.2, 0) is 4.79 Å². The molecule has 0 radical (unpaired) electrons. The number of carbonyl (C=O) groups excluding carboxylic acids is 1. The molecule has 2 unspecified atom stereocenters. The molecule has 2 atom stereocenters. The van der Waals surface area contributed by atoms with Crippen molar-refractivity contribution in [1.29, 1.82) is 0 Å². The zero-order valence-corrected chi connectivity index (χ0v) is 12.0. The Morgan fingerprint density at radius 1 is 1.28 bits per heavy atom. The van der Waals surface area contributed by atoms with Crippen molar-refractivity contribution in [3.05, 3.63) is 0 Å². The molecule has 1 N–H and O–H groups in total. The third-order valence-electron chi connectivity index (χ3n) is 4.50. The highest BCUT2D eigenvalue weighted by molar-refractivity contribution is 5.79. The van der Waals surface area contributed by atoms with Crippen molar-refractivity contribution in [3.63, 3.8) is 0 Å². The molecule has 1 amide bonds. The highest BCUT2D eigenvalue weighted by Crippen LogP contribution is 2.23. The fourth-order valence-corrected chi connectivity index (χ4v) is 3.20. The van der Waals surface area contributed by atoms with Gasteiger partial charge in [-0.1, -0.05) is 6.92 Å². The van der Waals surface area contributed by atoms with Gasteiger partial charge >= 0.3 is 0 Å². The lowest BCUT2D eigenvalue weighted by Crippen LogP contribution is -2.60. The van der Waals surface area contributed by atoms with Crippen LogP contribution in [0.3, 0.4) is 0 Å². The first-order valence-electron chi connectivity index (χ1n) is 7.39. The third kappa shape index (κ3) is 2.86. The van der Waals surface area contributed by atoms with E-state index in [4.69, 9.17) is 0 Å². The summed E-state index contributed by atoms with van der Waals surface area (Å²) in [5, 5.41) is 3.28. The van der Waals surface area contributed by atoms with E-state index in [-0.39, 0.29) is 0 Å². The molecule has 18 heavy (non-hydrogen) atoms. The molecule has 0 aromatic rings. The molecule has 2 saturated heterocycles. The van der Waals surface area contributed by atoms with Gasteiger partial charge in [0.2, 0.25) is 5.91 Å². The van der Waals surface area contributed by atoms with Crippen LogP contribution >= 0.6 is 0 Å². The Balaban J connectivity index is 1.92. The summed E-state index contributed by atoms with van der Waals surface area (Å²) in [5.74, 6) is 0.323. The first-order valence-corrected chi connectivity index (χ1v) is 7.39. The zero-order chi connectivity index (χ0) is 13.1. The first kappa shape index (κ1) is 13.8. The Hall–Kier alpha value is -0.610. The molecule has 0 aromatic heterocycles. The second kappa shape index (κ2) is 6.02. The fourth-order valence-electron chi connectivity index (χ4n) is 3.20. The Morgan fingerprint density at radius 3 is 2.33 bits per heavy atom. The van der Waals surface area contributed by atoms with Gasteiger partial charge in [0.15, 0.2) is 0 Å². The molecule has 2 aliphatic rings. The highest BCUT2D eigenvalue weighted by atomic mass is 16.2. The SMILES string of the molecule is CCN(CC(=O)N1C(C)CCCC1C)C1CNC1. The molecular formula is C14H27N3O. The van der Waals surface area contributed by atoms with Crippen molar-refractivity contribution in [2.24, 2.45) is 0 Å². The minimum atomic E-state index is 0.323. The van der Waals surface area contributed by atoms with Crippen LogP contribution < -0.4 is 5.32 Å². The van der Waals surface area contributed by atoms with Crippen LogP contribution in [0.1, 0.15) is 40.0 Å². The molecule has 0 saturated carbocycles. The largest absolute Gasteiger partial charge is 0.336 e. The van der Waals surface area contributed by atoms with E-state index in [1.54, 1.807) is 0 Å². The number of hydrogen-bond acceptors (Lipinski definition) is 3. The lowest BCUT2D eigenvalue weighted by atomic mass is 9.97. The quantitative estimate of drug-likeness (QED) is 0.814. The van der Waals surface area contributed by atoms with Crippen LogP contribution in [0.4, 0.5) is 0 Å². The number of likely N-dealkylation sites (tertiary alicyclic amines) is 1. The minimum absolute atomic E-state index is 0.323. The number of hydrogen-bond donors (Lipinski definition) is 1. The van der Waals surface area contributed by atoms with Crippen LogP contribution in [0.15, 0.2) is 0 Å². The van der Waals surface area contributed by atoms with Crippen LogP contribution in [0, 0.1) is 0 Å². The molecule has 4 nitrogen and oxygen atoms in total. The third-order valence-corrected chi connectivity index (χ3v) is 4.50. The molecule has 0 aromatic carbocycles. The van der Waals surface area contributed by atoms with Gasteiger partial charge in [-0.25, -0.2) is 0 Å². The van der Waals surface area contributed by atoms with Gasteiger partial charge in [-0.05, 0) is 39.7 Å². The standard InChI is InChI=1S/C14H27N3O/c1-4-16(13-8-15-9-13)10-14(18)17-11(2)6-5-7-12(17)3/h11-13,15H,4-10H2,1-3H3. The van der Waals surface area contributed by atoms with E-state index in [1.165, 1.54) is 6.42 Å². The van der Waals surface area contributed by atoms with Crippen molar-refractivity contribution in [2.45, 2.75) is 58.2 Å². The Kier molecular flexibility index (Phi) is 4.62. The summed E-state index contributed by atoms with van der Waals surface area (Å²) in [6.07, 6.45) is 3.58. The summed E-state index contributed by atoms with van der Waals surface area (Å²) in [6.45, 7) is 10.2. The second-order valence-electron chi connectivity index (χ2n) is 5.81. The van der Waals surface area contributed by atoms with Gasteiger partial charge in [0.05, 0.1) is 6.54 Å². The van der Waals surface area contributed by atoms with Gasteiger partial charge in [-0.2, -0.15) is 0 Å². The number of nitrogens with one attached hydrogen (secondary N) is 1. The summed E-state index contributed by atoms with van der Waals surface area (Å²) in [6, 6.07) is 1.40. The summed E-state index contributed by atoms with van der Waals surface area (Å²) in [4.78, 5) is 16.9. The van der Waals surface area contributed by atoms with Crippen LogP contribution in [0.25, 0.3) is 0 Å². The van der Waals surface area contributed by atoms with Gasteiger partial charge in [-0.15, -0.1) is 0 Å². The molecule has 2 heterocycles. The number of amides is 1. The van der Waals surface area contributed by atoms with E-state index in [9.17, 15) is 4.79 Å². The van der Waals surface area contributed by atoms with Crippen molar-refractivity contribution in [1.82, 2.24) is 15.1 Å². The summed E-state index contributed by atoms with van der Waals surface area (Å²) in [7, 11) is 0. The van der Waals surface area contributed by atoms with E-state index in [0.717, 1.165) is 32.5 Å². The molecule has 104 valence electrons. The van der Waals surface area contributed by atoms with Crippen LogP contribution in [-0.4, -0.2) is 60.0 Å². The molecule has 0 spiro atoms. The van der Waals surface area contributed by atoms with Crippen molar-refractivity contribution in [2.75, 3.05) is 26.2 Å². The van der Waals surface area contributed by atoms with Gasteiger partial charge in [-0.3, -0.25) is 9.69 Å². The maximum atomic E-state index is 12.5. The molecule has 0 aliphatic carbocycles. The minimum Gasteiger partial charge on any atom is -0.336 e. The van der Waals surface area contributed by atoms with Crippen LogP contribution in [0.2, 0.25) is 0 Å². The monoisotopic (exact) mass is 253 g/mol. The predicted molar refractivity (Wildman–Crippen MR) is 73.5 cm³/mol. The number of rotatable bonds is 4. The fraction of sp³-hybridized carbons (Fsp3) is 0.929. The van der Waals surface area contributed by atoms with E-state index < -0.39 is 0 Å². The van der Waals surface area contributed by atoms with Gasteiger partial charge in [0.25, 0.3) is 0 Å². The summed E-state index contributed by atoms with van der Waals surface area (Å²) >= 11 is 0. The van der Waals surface area contributed by atoms with Crippen molar-refractivity contribution in [3.8, 4) is 0 Å². The van der Waals surface area contributed by atoms with Crippen LogP contribution in [0.5, 0.6) is 0 Å². The molecular weight excluding hydrogens is 226 g/mol. The Labute approximate surface area is 111 Å². The number of likely N-dealkylation sites (N-methyl/N-ethyl adjacent to an activating group) is 1. The zero-order valence-electron chi connectivity index (χ0n) is 12.0. The smallest absolute Gasteiger partial charge is 0.237 e. The maximum Gasteiger partial charge on any atom is 0.237 e. The summed E-state index contributed by atoms with van der Waals surface area (Å²) in [5.41, 5.74) is 0. The van der Waals surface area contributed by atoms with E-state index in [0.29, 0.717) is 30.6 Å². The maximum absolute atomic E-state index is 12.5. The molecule has 2 aliphatic heterocycles. The highest BCUT2D eigenvalue weighted by Gasteiger charge is 2.32. The van der Waals surface area contributed by atoms with E-state index in [2.05, 4.69) is 35.9 Å². The topological polar surface area (TPSA) is 35.6 Å². The number of piperidine rings is 1. The lowest BCUT2D eigenvalue weighted by molar-refractivity contribution is -0.139. The number of nitrogens with zero attached hydrogens (tertiary/aromatic N) is 2. The second-order valence-corrected chi connectivity index (χ2v) is 5.81. The molecule has 2 rings (SSSR count). The normalized spacial score (nSPS) is 29.4. The van der Waals surface area contributed by atoms with Gasteiger partial charge in [0.1, 0.15) is 0 Å². The van der Waals surface area contributed by atoms with Gasteiger partial charge in [0, 0.05) is 31.2 Å². The average Bonchev–Trinajstić information content (AvgIpc) is 2.25. The number of carbonyl (C=O) groups is 1. The average molecular weight is 253 g/mol. The first-order chi connectivity index (χ1) is 8.63. The summed E-state index contributed by atoms with van der Waals surface area (Å²) < 4.78 is 0. The Bertz CT molecular complexity index is 281. The van der Waals surface area contributed by atoms with E-state index in [1.807, 2.05) is 0 Å². The lowest BCUT2D eigenvalue weighted by Gasteiger charge is -2.42. The van der Waals surface area contributed by atoms with Crippen molar-refractivity contribution >= 4 is 5.91 Å². The van der Waals surface area contributed by atoms with E-state index >= 15 is 0 Å². The molecule has 4 heteroatoms. The predicted octanol–water partition coefficient (Wildman–Crippen LogP) is 1.07. The van der Waals surface area contributed by atoms with Gasteiger partial charge < -0.3 is 10.2 Å². The Morgan fingerprint density at radius 2 is 1.89 bits per heavy atom. The molecule has 2 fully saturated rings.